The van der Waals surface area contributed by atoms with Crippen LogP contribution in [-0.2, 0) is 4.79 Å². The van der Waals surface area contributed by atoms with Gasteiger partial charge in [0.2, 0.25) is 0 Å². The van der Waals surface area contributed by atoms with E-state index in [1.54, 1.807) is 36.4 Å². The van der Waals surface area contributed by atoms with Crippen molar-refractivity contribution in [2.24, 2.45) is 0 Å². The number of anilines is 1. The van der Waals surface area contributed by atoms with Gasteiger partial charge in [-0.3, -0.25) is 9.59 Å². The minimum atomic E-state index is -0.302. The van der Waals surface area contributed by atoms with Crippen molar-refractivity contribution in [1.29, 1.82) is 0 Å². The number of carbonyl (C=O) groups is 2. The quantitative estimate of drug-likeness (QED) is 0.869. The Morgan fingerprint density at radius 1 is 1.25 bits per heavy atom. The Balaban J connectivity index is 1.77. The van der Waals surface area contributed by atoms with E-state index in [1.807, 2.05) is 6.92 Å². The highest BCUT2D eigenvalue weighted by atomic mass is 35.5. The van der Waals surface area contributed by atoms with Gasteiger partial charge >= 0.3 is 0 Å². The van der Waals surface area contributed by atoms with Crippen molar-refractivity contribution in [3.63, 3.8) is 0 Å². The van der Waals surface area contributed by atoms with Gasteiger partial charge in [-0.25, -0.2) is 0 Å². The van der Waals surface area contributed by atoms with E-state index in [-0.39, 0.29) is 24.5 Å². The number of amides is 2. The molecule has 1 unspecified atom stereocenters. The highest BCUT2D eigenvalue weighted by molar-refractivity contribution is 6.35. The summed E-state index contributed by atoms with van der Waals surface area (Å²) >= 11 is 12.0. The summed E-state index contributed by atoms with van der Waals surface area (Å²) in [7, 11) is 0. The Labute approximate surface area is 148 Å². The second kappa shape index (κ2) is 6.71. The average Bonchev–Trinajstić information content (AvgIpc) is 2.53. The molecule has 0 bridgehead atoms. The standard InChI is InChI=1S/C17H14Cl2N2O3/c1-9(12-4-3-11(18)7-13(12)19)20-17(23)10-2-5-15-14(6-10)21-16(22)8-24-15/h2-7,9H,8H2,1H3,(H,20,23)(H,21,22). The van der Waals surface area contributed by atoms with Gasteiger partial charge in [0.05, 0.1) is 11.7 Å². The Morgan fingerprint density at radius 3 is 2.79 bits per heavy atom. The monoisotopic (exact) mass is 364 g/mol. The molecule has 2 amide bonds. The molecule has 3 rings (SSSR count). The van der Waals surface area contributed by atoms with Crippen LogP contribution in [0, 0.1) is 0 Å². The zero-order valence-electron chi connectivity index (χ0n) is 12.7. The third-order valence-corrected chi connectivity index (χ3v) is 4.21. The van der Waals surface area contributed by atoms with E-state index in [0.29, 0.717) is 27.0 Å². The van der Waals surface area contributed by atoms with Gasteiger partial charge in [-0.15, -0.1) is 0 Å². The van der Waals surface area contributed by atoms with Gasteiger partial charge in [0.1, 0.15) is 5.75 Å². The maximum absolute atomic E-state index is 12.4. The average molecular weight is 365 g/mol. The Morgan fingerprint density at radius 2 is 2.04 bits per heavy atom. The molecule has 2 aromatic rings. The van der Waals surface area contributed by atoms with E-state index in [0.717, 1.165) is 5.56 Å². The molecule has 124 valence electrons. The summed E-state index contributed by atoms with van der Waals surface area (Å²) in [6.07, 6.45) is 0. The first-order valence-corrected chi connectivity index (χ1v) is 8.02. The summed E-state index contributed by atoms with van der Waals surface area (Å²) in [5.74, 6) is 0.0115. The number of halogens is 2. The molecule has 7 heteroatoms. The molecule has 0 spiro atoms. The van der Waals surface area contributed by atoms with Crippen LogP contribution in [0.2, 0.25) is 10.0 Å². The minimum Gasteiger partial charge on any atom is -0.482 e. The van der Waals surface area contributed by atoms with Crippen molar-refractivity contribution >= 4 is 40.7 Å². The van der Waals surface area contributed by atoms with Gasteiger partial charge in [0.15, 0.2) is 6.61 Å². The zero-order valence-corrected chi connectivity index (χ0v) is 14.2. The van der Waals surface area contributed by atoms with Crippen LogP contribution >= 0.6 is 23.2 Å². The number of carbonyl (C=O) groups excluding carboxylic acids is 2. The van der Waals surface area contributed by atoms with Crippen LogP contribution in [0.1, 0.15) is 28.9 Å². The van der Waals surface area contributed by atoms with Crippen LogP contribution in [0.5, 0.6) is 5.75 Å². The maximum atomic E-state index is 12.4. The number of nitrogens with one attached hydrogen (secondary N) is 2. The lowest BCUT2D eigenvalue weighted by Crippen LogP contribution is -2.28. The smallest absolute Gasteiger partial charge is 0.262 e. The Hall–Kier alpha value is -2.24. The topological polar surface area (TPSA) is 67.4 Å². The maximum Gasteiger partial charge on any atom is 0.262 e. The number of rotatable bonds is 3. The summed E-state index contributed by atoms with van der Waals surface area (Å²) in [5.41, 5.74) is 1.66. The number of ether oxygens (including phenoxy) is 1. The first kappa shape index (κ1) is 16.6. The molecule has 5 nitrogen and oxygen atoms in total. The molecule has 0 saturated heterocycles. The minimum absolute atomic E-state index is 0.0232. The number of fused-ring (bicyclic) bond motifs is 1. The predicted molar refractivity (Wildman–Crippen MR) is 92.9 cm³/mol. The van der Waals surface area contributed by atoms with E-state index in [2.05, 4.69) is 10.6 Å². The molecule has 1 aliphatic heterocycles. The zero-order chi connectivity index (χ0) is 17.3. The molecular formula is C17H14Cl2N2O3. The number of hydrogen-bond donors (Lipinski definition) is 2. The van der Waals surface area contributed by atoms with Gasteiger partial charge in [-0.2, -0.15) is 0 Å². The fourth-order valence-corrected chi connectivity index (χ4v) is 3.01. The van der Waals surface area contributed by atoms with Crippen molar-refractivity contribution in [2.45, 2.75) is 13.0 Å². The molecule has 2 aromatic carbocycles. The summed E-state index contributed by atoms with van der Waals surface area (Å²) < 4.78 is 5.27. The third kappa shape index (κ3) is 3.47. The molecule has 0 fully saturated rings. The van der Waals surface area contributed by atoms with E-state index >= 15 is 0 Å². The van der Waals surface area contributed by atoms with Gasteiger partial charge in [-0.05, 0) is 42.8 Å². The van der Waals surface area contributed by atoms with Gasteiger partial charge in [0, 0.05) is 15.6 Å². The van der Waals surface area contributed by atoms with Gasteiger partial charge < -0.3 is 15.4 Å². The van der Waals surface area contributed by atoms with Crippen LogP contribution < -0.4 is 15.4 Å². The summed E-state index contributed by atoms with van der Waals surface area (Å²) in [5, 5.41) is 6.57. The van der Waals surface area contributed by atoms with E-state index in [4.69, 9.17) is 27.9 Å². The van der Waals surface area contributed by atoms with Crippen molar-refractivity contribution in [2.75, 3.05) is 11.9 Å². The van der Waals surface area contributed by atoms with Crippen LogP contribution in [0.25, 0.3) is 0 Å². The second-order valence-corrected chi connectivity index (χ2v) is 6.25. The fourth-order valence-electron chi connectivity index (χ4n) is 2.43. The lowest BCUT2D eigenvalue weighted by Gasteiger charge is -2.19. The SMILES string of the molecule is CC(NC(=O)c1ccc2c(c1)NC(=O)CO2)c1ccc(Cl)cc1Cl. The van der Waals surface area contributed by atoms with Crippen molar-refractivity contribution in [3.05, 3.63) is 57.6 Å². The highest BCUT2D eigenvalue weighted by Crippen LogP contribution is 2.29. The lowest BCUT2D eigenvalue weighted by atomic mass is 10.1. The first-order valence-electron chi connectivity index (χ1n) is 7.26. The number of benzene rings is 2. The molecule has 1 atom stereocenters. The molecular weight excluding hydrogens is 351 g/mol. The molecule has 1 aliphatic rings. The largest absolute Gasteiger partial charge is 0.482 e. The molecule has 0 aromatic heterocycles. The normalized spacial score (nSPS) is 14.2. The van der Waals surface area contributed by atoms with Crippen molar-refractivity contribution in [1.82, 2.24) is 5.32 Å². The third-order valence-electron chi connectivity index (χ3n) is 3.65. The molecule has 0 saturated carbocycles. The summed E-state index contributed by atoms with van der Waals surface area (Å²) in [6.45, 7) is 1.81. The Bertz CT molecular complexity index is 823. The fraction of sp³-hybridized carbons (Fsp3) is 0.176. The van der Waals surface area contributed by atoms with Gasteiger partial charge in [0.25, 0.3) is 11.8 Å². The Kier molecular flexibility index (Phi) is 4.64. The van der Waals surface area contributed by atoms with E-state index in [1.165, 1.54) is 0 Å². The highest BCUT2D eigenvalue weighted by Gasteiger charge is 2.19. The van der Waals surface area contributed by atoms with Gasteiger partial charge in [-0.1, -0.05) is 29.3 Å². The van der Waals surface area contributed by atoms with Crippen molar-refractivity contribution < 1.29 is 14.3 Å². The lowest BCUT2D eigenvalue weighted by molar-refractivity contribution is -0.118. The van der Waals surface area contributed by atoms with Crippen LogP contribution in [-0.4, -0.2) is 18.4 Å². The summed E-state index contributed by atoms with van der Waals surface area (Å²) in [4.78, 5) is 23.8. The van der Waals surface area contributed by atoms with Crippen LogP contribution in [0.4, 0.5) is 5.69 Å². The first-order chi connectivity index (χ1) is 11.4. The molecule has 1 heterocycles. The summed E-state index contributed by atoms with van der Waals surface area (Å²) in [6, 6.07) is 9.70. The molecule has 2 N–H and O–H groups in total. The van der Waals surface area contributed by atoms with E-state index in [9.17, 15) is 9.59 Å². The molecule has 24 heavy (non-hydrogen) atoms. The molecule has 0 radical (unpaired) electrons. The van der Waals surface area contributed by atoms with Crippen molar-refractivity contribution in [3.8, 4) is 5.75 Å². The molecule has 0 aliphatic carbocycles. The number of hydrogen-bond acceptors (Lipinski definition) is 3. The van der Waals surface area contributed by atoms with E-state index < -0.39 is 0 Å². The second-order valence-electron chi connectivity index (χ2n) is 5.41. The predicted octanol–water partition coefficient (Wildman–Crippen LogP) is 3.82. The van der Waals surface area contributed by atoms with Crippen LogP contribution in [0.3, 0.4) is 0 Å². The van der Waals surface area contributed by atoms with Crippen LogP contribution in [0.15, 0.2) is 36.4 Å².